The van der Waals surface area contributed by atoms with Crippen LogP contribution in [-0.4, -0.2) is 55.3 Å². The molecular weight excluding hydrogens is 244 g/mol. The zero-order valence-corrected chi connectivity index (χ0v) is 13.4. The molecule has 2 heteroatoms. The Balaban J connectivity index is 1.69. The lowest BCUT2D eigenvalue weighted by Crippen LogP contribution is -2.73. The van der Waals surface area contributed by atoms with Gasteiger partial charge in [0.05, 0.1) is 7.05 Å². The van der Waals surface area contributed by atoms with Gasteiger partial charge in [-0.15, -0.1) is 0 Å². The highest BCUT2D eigenvalue weighted by Gasteiger charge is 2.46. The molecule has 3 saturated heterocycles. The molecule has 1 atom stereocenters. The first-order valence-corrected chi connectivity index (χ1v) is 8.32. The molecule has 0 saturated carbocycles. The normalized spacial score (nSPS) is 34.1. The number of nitrogens with zero attached hydrogens (tertiary/aromatic N) is 2. The Morgan fingerprint density at radius 3 is 2.00 bits per heavy atom. The molecule has 0 spiro atoms. The molecule has 1 unspecified atom stereocenters. The Morgan fingerprint density at radius 2 is 1.50 bits per heavy atom. The molecule has 3 fully saturated rings. The molecule has 3 aliphatic rings. The van der Waals surface area contributed by atoms with Gasteiger partial charge in [-0.2, -0.15) is 0 Å². The Labute approximate surface area is 124 Å². The lowest BCUT2D eigenvalue weighted by molar-refractivity contribution is -1.08. The summed E-state index contributed by atoms with van der Waals surface area (Å²) >= 11 is 0. The molecule has 2 nitrogen and oxygen atoms in total. The quantitative estimate of drug-likeness (QED) is 0.741. The molecule has 0 radical (unpaired) electrons. The van der Waals surface area contributed by atoms with Crippen LogP contribution in [0.2, 0.25) is 0 Å². The second-order valence-corrected chi connectivity index (χ2v) is 7.51. The molecule has 3 aliphatic heterocycles. The third kappa shape index (κ3) is 2.64. The Kier molecular flexibility index (Phi) is 3.64. The predicted molar refractivity (Wildman–Crippen MR) is 84.5 cm³/mol. The lowest BCUT2D eigenvalue weighted by atomic mass is 9.97. The molecule has 0 aromatic heterocycles. The number of likely N-dealkylation sites (N-methyl/N-ethyl adjacent to an activating group) is 1. The van der Waals surface area contributed by atoms with Crippen LogP contribution < -0.4 is 0 Å². The number of fused-ring (bicyclic) bond motifs is 3. The van der Waals surface area contributed by atoms with Gasteiger partial charge >= 0.3 is 0 Å². The van der Waals surface area contributed by atoms with E-state index in [2.05, 4.69) is 45.2 Å². The summed E-state index contributed by atoms with van der Waals surface area (Å²) < 4.78 is 2.67. The molecule has 110 valence electrons. The van der Waals surface area contributed by atoms with Gasteiger partial charge in [0.25, 0.3) is 0 Å². The van der Waals surface area contributed by atoms with Crippen LogP contribution in [-0.2, 0) is 6.54 Å². The van der Waals surface area contributed by atoms with Gasteiger partial charge in [0.15, 0.2) is 0 Å². The van der Waals surface area contributed by atoms with E-state index >= 15 is 0 Å². The van der Waals surface area contributed by atoms with E-state index in [9.17, 15) is 0 Å². The fourth-order valence-electron chi connectivity index (χ4n) is 3.84. The minimum Gasteiger partial charge on any atom is -0.312 e. The topological polar surface area (TPSA) is 0 Å². The number of hydrogen-bond donors (Lipinski definition) is 0. The van der Waals surface area contributed by atoms with Crippen molar-refractivity contribution in [2.45, 2.75) is 32.7 Å². The largest absolute Gasteiger partial charge is 0.312 e. The molecule has 1 aromatic rings. The van der Waals surface area contributed by atoms with Gasteiger partial charge in [-0.1, -0.05) is 38.1 Å². The van der Waals surface area contributed by atoms with Gasteiger partial charge in [-0.05, 0) is 17.9 Å². The van der Waals surface area contributed by atoms with Crippen molar-refractivity contribution in [2.75, 3.05) is 46.3 Å². The first-order valence-electron chi connectivity index (χ1n) is 8.32. The van der Waals surface area contributed by atoms with Gasteiger partial charge in [-0.25, -0.2) is 0 Å². The van der Waals surface area contributed by atoms with Crippen LogP contribution in [0.1, 0.15) is 37.3 Å². The summed E-state index contributed by atoms with van der Waals surface area (Å²) in [6.07, 6.45) is 1.23. The van der Waals surface area contributed by atoms with Crippen molar-refractivity contribution >= 4 is 0 Å². The fourth-order valence-corrected chi connectivity index (χ4v) is 3.84. The van der Waals surface area contributed by atoms with Gasteiger partial charge in [0.1, 0.15) is 45.8 Å². The van der Waals surface area contributed by atoms with E-state index in [4.69, 9.17) is 0 Å². The molecule has 0 amide bonds. The van der Waals surface area contributed by atoms with Crippen molar-refractivity contribution in [1.82, 2.24) is 0 Å². The third-order valence-corrected chi connectivity index (χ3v) is 6.02. The summed E-state index contributed by atoms with van der Waals surface area (Å²) in [5.41, 5.74) is 3.04. The number of piperazine rings is 3. The first-order chi connectivity index (χ1) is 9.54. The molecule has 0 aliphatic carbocycles. The summed E-state index contributed by atoms with van der Waals surface area (Å²) in [6.45, 7) is 14.1. The summed E-state index contributed by atoms with van der Waals surface area (Å²) in [5.74, 6) is 0.694. The van der Waals surface area contributed by atoms with E-state index in [0.29, 0.717) is 5.92 Å². The van der Waals surface area contributed by atoms with Gasteiger partial charge in [0.2, 0.25) is 0 Å². The maximum Gasteiger partial charge on any atom is 0.129 e. The van der Waals surface area contributed by atoms with E-state index in [1.165, 1.54) is 72.3 Å². The van der Waals surface area contributed by atoms with Crippen LogP contribution in [0, 0.1) is 0 Å². The van der Waals surface area contributed by atoms with E-state index < -0.39 is 0 Å². The second kappa shape index (κ2) is 5.16. The first kappa shape index (κ1) is 14.1. The van der Waals surface area contributed by atoms with Crippen LogP contribution in [0.5, 0.6) is 0 Å². The highest BCUT2D eigenvalue weighted by molar-refractivity contribution is 5.24. The average Bonchev–Trinajstić information content (AvgIpc) is 2.49. The van der Waals surface area contributed by atoms with Crippen LogP contribution >= 0.6 is 0 Å². The van der Waals surface area contributed by atoms with Crippen molar-refractivity contribution in [3.05, 3.63) is 35.4 Å². The molecule has 3 heterocycles. The summed E-state index contributed by atoms with van der Waals surface area (Å²) in [6, 6.07) is 9.48. The third-order valence-electron chi connectivity index (χ3n) is 6.02. The smallest absolute Gasteiger partial charge is 0.129 e. The number of quaternary nitrogens is 2. The Bertz CT molecular complexity index is 438. The molecule has 0 N–H and O–H groups in total. The van der Waals surface area contributed by atoms with E-state index in [1.807, 2.05) is 0 Å². The predicted octanol–water partition coefficient (Wildman–Crippen LogP) is 2.99. The van der Waals surface area contributed by atoms with E-state index in [0.717, 1.165) is 0 Å². The SMILES string of the molecule is CCC(C)c1ccc(C[N+]23CC[N+](C)(CC2)CC3)cc1. The van der Waals surface area contributed by atoms with E-state index in [-0.39, 0.29) is 0 Å². The summed E-state index contributed by atoms with van der Waals surface area (Å²) in [7, 11) is 2.44. The number of benzene rings is 1. The maximum atomic E-state index is 2.44. The van der Waals surface area contributed by atoms with Crippen molar-refractivity contribution in [2.24, 2.45) is 0 Å². The molecule has 4 rings (SSSR count). The monoisotopic (exact) mass is 274 g/mol. The highest BCUT2D eigenvalue weighted by Crippen LogP contribution is 2.28. The van der Waals surface area contributed by atoms with Gasteiger partial charge < -0.3 is 8.97 Å². The van der Waals surface area contributed by atoms with Crippen molar-refractivity contribution in [1.29, 1.82) is 0 Å². The van der Waals surface area contributed by atoms with Crippen LogP contribution in [0.3, 0.4) is 0 Å². The second-order valence-electron chi connectivity index (χ2n) is 7.51. The average molecular weight is 274 g/mol. The standard InChI is InChI=1S/C18H30N2/c1-4-16(2)18-7-5-17(6-8-18)15-20-12-9-19(3,10-13-20)11-14-20/h5-8,16H,4,9-15H2,1-3H3/q+2. The maximum absolute atomic E-state index is 2.44. The van der Waals surface area contributed by atoms with Crippen LogP contribution in [0.4, 0.5) is 0 Å². The Hall–Kier alpha value is -0.860. The number of hydrogen-bond acceptors (Lipinski definition) is 0. The van der Waals surface area contributed by atoms with E-state index in [1.54, 1.807) is 0 Å². The summed E-state index contributed by atoms with van der Waals surface area (Å²) in [5, 5.41) is 0. The minimum absolute atomic E-state index is 0.694. The van der Waals surface area contributed by atoms with Crippen molar-refractivity contribution in [3.63, 3.8) is 0 Å². The summed E-state index contributed by atoms with van der Waals surface area (Å²) in [4.78, 5) is 0. The zero-order valence-electron chi connectivity index (χ0n) is 13.4. The molecule has 1 aromatic carbocycles. The Morgan fingerprint density at radius 1 is 0.950 bits per heavy atom. The van der Waals surface area contributed by atoms with Gasteiger partial charge in [-0.3, -0.25) is 0 Å². The zero-order chi connectivity index (χ0) is 14.2. The number of rotatable bonds is 4. The molecule has 20 heavy (non-hydrogen) atoms. The highest BCUT2D eigenvalue weighted by atomic mass is 15.5. The molecule has 2 bridgehead atoms. The minimum atomic E-state index is 0.694. The van der Waals surface area contributed by atoms with Crippen LogP contribution in [0.25, 0.3) is 0 Å². The van der Waals surface area contributed by atoms with Crippen molar-refractivity contribution in [3.8, 4) is 0 Å². The fraction of sp³-hybridized carbons (Fsp3) is 0.667. The van der Waals surface area contributed by atoms with Crippen molar-refractivity contribution < 1.29 is 8.97 Å². The van der Waals surface area contributed by atoms with Crippen LogP contribution in [0.15, 0.2) is 24.3 Å². The molecular formula is C18H30N2+2. The van der Waals surface area contributed by atoms with Gasteiger partial charge in [0, 0.05) is 5.56 Å². The lowest BCUT2D eigenvalue weighted by Gasteiger charge is -2.54.